The second kappa shape index (κ2) is 10.2. The van der Waals surface area contributed by atoms with Crippen LogP contribution in [0.15, 0.2) is 146 Å². The van der Waals surface area contributed by atoms with Gasteiger partial charge in [0.15, 0.2) is 0 Å². The number of nitrogens with zero attached hydrogens (tertiary/aromatic N) is 3. The molecule has 0 aliphatic heterocycles. The van der Waals surface area contributed by atoms with Crippen LogP contribution in [0.25, 0.3) is 22.4 Å². The Balaban J connectivity index is 1.46. The van der Waals surface area contributed by atoms with Crippen LogP contribution in [0, 0.1) is 0 Å². The lowest BCUT2D eigenvalue weighted by Gasteiger charge is -2.36. The van der Waals surface area contributed by atoms with Crippen molar-refractivity contribution in [2.24, 2.45) is 0 Å². The van der Waals surface area contributed by atoms with Gasteiger partial charge in [-0.1, -0.05) is 115 Å². The Morgan fingerprint density at radius 2 is 1.05 bits per heavy atom. The Morgan fingerprint density at radius 3 is 1.53 bits per heavy atom. The Labute approximate surface area is 222 Å². The molecule has 4 aromatic carbocycles. The van der Waals surface area contributed by atoms with E-state index in [-0.39, 0.29) is 0 Å². The highest BCUT2D eigenvalue weighted by Gasteiger charge is 2.39. The zero-order valence-corrected chi connectivity index (χ0v) is 21.1. The van der Waals surface area contributed by atoms with Crippen LogP contribution in [0.1, 0.15) is 16.7 Å². The van der Waals surface area contributed by atoms with Gasteiger partial charge in [-0.15, -0.1) is 0 Å². The first kappa shape index (κ1) is 23.4. The van der Waals surface area contributed by atoms with Gasteiger partial charge in [0, 0.05) is 29.6 Å². The maximum Gasteiger partial charge on any atom is 0.212 e. The molecule has 4 nitrogen and oxygen atoms in total. The van der Waals surface area contributed by atoms with Crippen molar-refractivity contribution in [3.8, 4) is 28.3 Å². The molecule has 0 bridgehead atoms. The lowest BCUT2D eigenvalue weighted by molar-refractivity contribution is 0.398. The van der Waals surface area contributed by atoms with Crippen molar-refractivity contribution in [3.63, 3.8) is 0 Å². The van der Waals surface area contributed by atoms with E-state index in [0.717, 1.165) is 39.1 Å². The molecule has 4 heteroatoms. The summed E-state index contributed by atoms with van der Waals surface area (Å²) in [5.74, 6) is 0.606. The number of methoxy groups -OCH3 is 1. The summed E-state index contributed by atoms with van der Waals surface area (Å²) in [6.45, 7) is 0. The van der Waals surface area contributed by atoms with Crippen LogP contribution < -0.4 is 4.74 Å². The van der Waals surface area contributed by atoms with Crippen LogP contribution in [0.5, 0.6) is 5.88 Å². The summed E-state index contributed by atoms with van der Waals surface area (Å²) in [5, 5.41) is 5.20. The molecule has 0 saturated carbocycles. The molecule has 0 atom stereocenters. The summed E-state index contributed by atoms with van der Waals surface area (Å²) < 4.78 is 7.29. The van der Waals surface area contributed by atoms with E-state index in [1.807, 2.05) is 18.3 Å². The average Bonchev–Trinajstić information content (AvgIpc) is 3.50. The smallest absolute Gasteiger partial charge is 0.212 e. The zero-order chi connectivity index (χ0) is 25.8. The Morgan fingerprint density at radius 1 is 0.553 bits per heavy atom. The third kappa shape index (κ3) is 4.16. The number of ether oxygens (including phenoxy) is 1. The highest BCUT2D eigenvalue weighted by Crippen LogP contribution is 2.41. The largest absolute Gasteiger partial charge is 0.481 e. The Hall–Kier alpha value is -4.96. The van der Waals surface area contributed by atoms with E-state index < -0.39 is 5.54 Å². The lowest BCUT2D eigenvalue weighted by atomic mass is 9.77. The molecule has 38 heavy (non-hydrogen) atoms. The van der Waals surface area contributed by atoms with Crippen LogP contribution >= 0.6 is 0 Å². The van der Waals surface area contributed by atoms with Gasteiger partial charge in [-0.3, -0.25) is 4.68 Å². The second-order valence-corrected chi connectivity index (χ2v) is 9.12. The number of aromatic nitrogens is 3. The molecule has 2 heterocycles. The van der Waals surface area contributed by atoms with E-state index in [2.05, 4.69) is 137 Å². The van der Waals surface area contributed by atoms with Gasteiger partial charge in [-0.05, 0) is 34.4 Å². The monoisotopic (exact) mass is 493 g/mol. The van der Waals surface area contributed by atoms with Gasteiger partial charge >= 0.3 is 0 Å². The average molecular weight is 494 g/mol. The van der Waals surface area contributed by atoms with E-state index in [0.29, 0.717) is 5.88 Å². The summed E-state index contributed by atoms with van der Waals surface area (Å²) in [7, 11) is 1.62. The van der Waals surface area contributed by atoms with Crippen LogP contribution in [-0.2, 0) is 5.54 Å². The molecule has 0 unspecified atom stereocenters. The van der Waals surface area contributed by atoms with Crippen LogP contribution in [0.2, 0.25) is 0 Å². The normalized spacial score (nSPS) is 11.3. The van der Waals surface area contributed by atoms with Crippen molar-refractivity contribution in [2.75, 3.05) is 7.11 Å². The number of hydrogen-bond donors (Lipinski definition) is 0. The summed E-state index contributed by atoms with van der Waals surface area (Å²) in [6, 6.07) is 46.2. The SMILES string of the molecule is COc1ccc(-c2ccc(-c3ccn(C(c4ccccc4)(c4ccccc4)c4ccccc4)n3)cc2)cn1. The van der Waals surface area contributed by atoms with Gasteiger partial charge in [-0.2, -0.15) is 5.10 Å². The molecule has 0 aliphatic carbocycles. The van der Waals surface area contributed by atoms with Crippen LogP contribution in [-0.4, -0.2) is 21.9 Å². The van der Waals surface area contributed by atoms with Crippen molar-refractivity contribution in [1.29, 1.82) is 0 Å². The van der Waals surface area contributed by atoms with Gasteiger partial charge in [-0.25, -0.2) is 4.98 Å². The fraction of sp³-hybridized carbons (Fsp3) is 0.0588. The fourth-order valence-electron chi connectivity index (χ4n) is 5.10. The molecule has 0 amide bonds. The topological polar surface area (TPSA) is 39.9 Å². The molecule has 0 saturated heterocycles. The standard InChI is InChI=1S/C34H27N3O/c1-38-33-22-21-28(25-35-33)26-17-19-27(20-18-26)32-23-24-37(36-32)34(29-11-5-2-6-12-29,30-13-7-3-8-14-30)31-15-9-4-10-16-31/h2-25H,1H3. The summed E-state index contributed by atoms with van der Waals surface area (Å²) in [6.07, 6.45) is 3.92. The van der Waals surface area contributed by atoms with E-state index in [1.165, 1.54) is 0 Å². The number of rotatable bonds is 7. The minimum Gasteiger partial charge on any atom is -0.481 e. The second-order valence-electron chi connectivity index (χ2n) is 9.12. The van der Waals surface area contributed by atoms with Crippen molar-refractivity contribution >= 4 is 0 Å². The van der Waals surface area contributed by atoms with Gasteiger partial charge in [0.1, 0.15) is 5.54 Å². The summed E-state index contributed by atoms with van der Waals surface area (Å²) in [4.78, 5) is 4.33. The van der Waals surface area contributed by atoms with Gasteiger partial charge < -0.3 is 4.74 Å². The lowest BCUT2D eigenvalue weighted by Crippen LogP contribution is -2.38. The molecule has 6 aromatic rings. The first-order chi connectivity index (χ1) is 18.8. The van der Waals surface area contributed by atoms with E-state index in [9.17, 15) is 0 Å². The third-order valence-corrected chi connectivity index (χ3v) is 6.97. The molecule has 184 valence electrons. The molecule has 0 aliphatic rings. The predicted octanol–water partition coefficient (Wildman–Crippen LogP) is 7.46. The van der Waals surface area contributed by atoms with E-state index in [4.69, 9.17) is 9.84 Å². The van der Waals surface area contributed by atoms with Gasteiger partial charge in [0.25, 0.3) is 0 Å². The van der Waals surface area contributed by atoms with Crippen molar-refractivity contribution in [3.05, 3.63) is 163 Å². The zero-order valence-electron chi connectivity index (χ0n) is 21.1. The highest BCUT2D eigenvalue weighted by molar-refractivity contribution is 5.68. The maximum absolute atomic E-state index is 5.20. The van der Waals surface area contributed by atoms with Crippen LogP contribution in [0.3, 0.4) is 0 Å². The molecule has 0 spiro atoms. The molecular formula is C34H27N3O. The molecule has 2 aromatic heterocycles. The Bertz CT molecular complexity index is 1510. The van der Waals surface area contributed by atoms with Crippen molar-refractivity contribution in [1.82, 2.24) is 14.8 Å². The predicted molar refractivity (Wildman–Crippen MR) is 152 cm³/mol. The summed E-state index contributed by atoms with van der Waals surface area (Å²) >= 11 is 0. The molecule has 0 radical (unpaired) electrons. The molecule has 0 N–H and O–H groups in total. The van der Waals surface area contributed by atoms with E-state index >= 15 is 0 Å². The molecule has 0 fully saturated rings. The van der Waals surface area contributed by atoms with Gasteiger partial charge in [0.2, 0.25) is 5.88 Å². The fourth-order valence-corrected chi connectivity index (χ4v) is 5.10. The summed E-state index contributed by atoms with van der Waals surface area (Å²) in [5.41, 5.74) is 6.91. The van der Waals surface area contributed by atoms with Gasteiger partial charge in [0.05, 0.1) is 12.8 Å². The number of hydrogen-bond acceptors (Lipinski definition) is 3. The first-order valence-electron chi connectivity index (χ1n) is 12.6. The third-order valence-electron chi connectivity index (χ3n) is 6.97. The molecule has 6 rings (SSSR count). The minimum atomic E-state index is -0.628. The van der Waals surface area contributed by atoms with Crippen molar-refractivity contribution < 1.29 is 4.74 Å². The van der Waals surface area contributed by atoms with Crippen LogP contribution in [0.4, 0.5) is 0 Å². The number of pyridine rings is 1. The molecular weight excluding hydrogens is 466 g/mol. The highest BCUT2D eigenvalue weighted by atomic mass is 16.5. The maximum atomic E-state index is 5.20. The van der Waals surface area contributed by atoms with Crippen molar-refractivity contribution in [2.45, 2.75) is 5.54 Å². The minimum absolute atomic E-state index is 0.606. The first-order valence-corrected chi connectivity index (χ1v) is 12.6. The van der Waals surface area contributed by atoms with E-state index in [1.54, 1.807) is 7.11 Å². The number of benzene rings is 4. The quantitative estimate of drug-likeness (QED) is 0.217. The Kier molecular flexibility index (Phi) is 6.29.